The predicted molar refractivity (Wildman–Crippen MR) is 260 cm³/mol. The van der Waals surface area contributed by atoms with E-state index in [1.54, 1.807) is 60.8 Å². The Labute approximate surface area is 386 Å². The van der Waals surface area contributed by atoms with Crippen molar-refractivity contribution in [2.75, 3.05) is 0 Å². The zero-order valence-corrected chi connectivity index (χ0v) is 38.7. The minimum absolute atomic E-state index is 0.772. The molecule has 20 atom stereocenters. The highest BCUT2D eigenvalue weighted by Crippen LogP contribution is 2.79. The van der Waals surface area contributed by atoms with E-state index in [0.29, 0.717) is 0 Å². The van der Waals surface area contributed by atoms with Crippen molar-refractivity contribution in [3.05, 3.63) is 144 Å². The molecule has 0 saturated heterocycles. The molecule has 0 N–H and O–H groups in total. The molecule has 0 bridgehead atoms. The molecule has 0 heterocycles. The summed E-state index contributed by atoms with van der Waals surface area (Å²) in [5.41, 5.74) is 6.99. The van der Waals surface area contributed by atoms with E-state index >= 15 is 0 Å². The van der Waals surface area contributed by atoms with Gasteiger partial charge in [0.1, 0.15) is 0 Å². The average Bonchev–Trinajstić information content (AvgIpc) is 3.99. The SMILES string of the molecule is c1ccc(C2C3CC4C(CC3C(c3ccccc3)C3C5CCCC6CCCC(C65)C23)C2CCC3C5C(CCC4C25)C2C(c4ccccc4)C4CCCCC4C(c4ccccc4)C32)cc1. The molecule has 0 aromatic heterocycles. The van der Waals surface area contributed by atoms with Crippen LogP contribution < -0.4 is 0 Å². The zero-order chi connectivity index (χ0) is 41.6. The largest absolute Gasteiger partial charge is 0.0622 e. The third-order valence-electron chi connectivity index (χ3n) is 24.1. The normalized spacial score (nSPS) is 50.1. The van der Waals surface area contributed by atoms with Crippen LogP contribution in [0.3, 0.4) is 0 Å². The van der Waals surface area contributed by atoms with Gasteiger partial charge in [-0.15, -0.1) is 0 Å². The molecule has 0 aliphatic heterocycles. The fourth-order valence-corrected chi connectivity index (χ4v) is 23.4. The van der Waals surface area contributed by atoms with Crippen LogP contribution in [0.25, 0.3) is 0 Å². The van der Waals surface area contributed by atoms with Gasteiger partial charge in [0.2, 0.25) is 0 Å². The Morgan fingerprint density at radius 2 is 0.531 bits per heavy atom. The van der Waals surface area contributed by atoms with Crippen LogP contribution in [-0.4, -0.2) is 0 Å². The zero-order valence-electron chi connectivity index (χ0n) is 38.7. The van der Waals surface area contributed by atoms with Crippen LogP contribution in [0.1, 0.15) is 149 Å². The Kier molecular flexibility index (Phi) is 9.24. The van der Waals surface area contributed by atoms with Crippen LogP contribution in [-0.2, 0) is 0 Å². The first-order chi connectivity index (χ1) is 31.8. The molecule has 11 aliphatic rings. The molecule has 0 nitrogen and oxygen atoms in total. The lowest BCUT2D eigenvalue weighted by atomic mass is 9.47. The van der Waals surface area contributed by atoms with Crippen molar-refractivity contribution in [3.8, 4) is 0 Å². The first kappa shape index (κ1) is 38.9. The molecular weight excluding hydrogens is 769 g/mol. The van der Waals surface area contributed by atoms with Crippen molar-refractivity contribution in [1.29, 1.82) is 0 Å². The molecule has 0 spiro atoms. The van der Waals surface area contributed by atoms with E-state index in [0.717, 1.165) is 142 Å². The summed E-state index contributed by atoms with van der Waals surface area (Å²) in [4.78, 5) is 0. The molecule has 332 valence electrons. The lowest BCUT2D eigenvalue weighted by Gasteiger charge is -2.57. The lowest BCUT2D eigenvalue weighted by Crippen LogP contribution is -2.49. The van der Waals surface area contributed by atoms with E-state index in [9.17, 15) is 0 Å². The van der Waals surface area contributed by atoms with E-state index in [2.05, 4.69) is 121 Å². The summed E-state index contributed by atoms with van der Waals surface area (Å²) in [6, 6.07) is 49.6. The molecule has 20 unspecified atom stereocenters. The van der Waals surface area contributed by atoms with Gasteiger partial charge in [0.25, 0.3) is 0 Å². The molecule has 64 heavy (non-hydrogen) atoms. The highest BCUT2D eigenvalue weighted by molar-refractivity contribution is 5.36. The van der Waals surface area contributed by atoms with Gasteiger partial charge in [-0.1, -0.05) is 160 Å². The smallest absolute Gasteiger partial charge is 0.00966 e. The van der Waals surface area contributed by atoms with Gasteiger partial charge in [-0.25, -0.2) is 0 Å². The second-order valence-corrected chi connectivity index (χ2v) is 25.3. The fraction of sp³-hybridized carbons (Fsp3) is 0.625. The molecule has 4 aromatic carbocycles. The van der Waals surface area contributed by atoms with Gasteiger partial charge in [0.05, 0.1) is 0 Å². The Bertz CT molecular complexity index is 2120. The summed E-state index contributed by atoms with van der Waals surface area (Å²) in [5.74, 6) is 21.8. The summed E-state index contributed by atoms with van der Waals surface area (Å²) in [5, 5.41) is 0. The first-order valence-electron chi connectivity index (χ1n) is 28.0. The predicted octanol–water partition coefficient (Wildman–Crippen LogP) is 15.8. The maximum atomic E-state index is 2.64. The molecule has 4 aromatic rings. The van der Waals surface area contributed by atoms with Crippen molar-refractivity contribution >= 4 is 0 Å². The molecule has 11 fully saturated rings. The van der Waals surface area contributed by atoms with Crippen LogP contribution in [0, 0.1) is 118 Å². The first-order valence-corrected chi connectivity index (χ1v) is 28.0. The third kappa shape index (κ3) is 5.47. The summed E-state index contributed by atoms with van der Waals surface area (Å²) < 4.78 is 0. The van der Waals surface area contributed by atoms with Crippen LogP contribution in [0.15, 0.2) is 121 Å². The minimum Gasteiger partial charge on any atom is -0.0622 e. The standard InChI is InChI=1S/C64H76/c1-5-17-38(18-6-1)55-42-27-13-14-28-43(42)56(39-19-7-2-8-20-39)64-49-34-32-45-51-36-53-52(35-50(51)44-31-33-48(63(55)64)60(49)59(44)45)57(40-21-9-3-10-22-40)61-46-29-15-25-37-26-16-30-47(54(37)46)62(61)58(53)41-23-11-4-12-24-41/h1-12,17-24,37,42-64H,13-16,25-36H2. The Balaban J connectivity index is 0.844. The van der Waals surface area contributed by atoms with Crippen molar-refractivity contribution < 1.29 is 0 Å². The van der Waals surface area contributed by atoms with E-state index in [1.165, 1.54) is 64.2 Å². The van der Waals surface area contributed by atoms with E-state index < -0.39 is 0 Å². The van der Waals surface area contributed by atoms with Crippen molar-refractivity contribution in [2.24, 2.45) is 118 Å². The number of benzene rings is 4. The quantitative estimate of drug-likeness (QED) is 0.192. The number of hydrogen-bond acceptors (Lipinski definition) is 0. The van der Waals surface area contributed by atoms with Gasteiger partial charge in [-0.05, 0) is 228 Å². The number of rotatable bonds is 4. The average molecular weight is 845 g/mol. The molecule has 0 radical (unpaired) electrons. The molecule has 0 amide bonds. The van der Waals surface area contributed by atoms with Crippen molar-refractivity contribution in [2.45, 2.75) is 126 Å². The summed E-state index contributed by atoms with van der Waals surface area (Å²) in [6.45, 7) is 0. The van der Waals surface area contributed by atoms with Crippen LogP contribution in [0.2, 0.25) is 0 Å². The molecule has 11 aliphatic carbocycles. The minimum atomic E-state index is 0.772. The van der Waals surface area contributed by atoms with Gasteiger partial charge in [0, 0.05) is 0 Å². The molecule has 0 heteroatoms. The Morgan fingerprint density at radius 1 is 0.219 bits per heavy atom. The number of hydrogen-bond donors (Lipinski definition) is 0. The van der Waals surface area contributed by atoms with Crippen molar-refractivity contribution in [1.82, 2.24) is 0 Å². The Morgan fingerprint density at radius 3 is 0.922 bits per heavy atom. The Hall–Kier alpha value is -3.12. The maximum Gasteiger partial charge on any atom is -0.00966 e. The summed E-state index contributed by atoms with van der Waals surface area (Å²) >= 11 is 0. The lowest BCUT2D eigenvalue weighted by molar-refractivity contribution is -0.0332. The topological polar surface area (TPSA) is 0 Å². The highest BCUT2D eigenvalue weighted by atomic mass is 14.8. The van der Waals surface area contributed by atoms with Gasteiger partial charge in [-0.3, -0.25) is 0 Å². The van der Waals surface area contributed by atoms with Crippen molar-refractivity contribution in [3.63, 3.8) is 0 Å². The van der Waals surface area contributed by atoms with E-state index in [4.69, 9.17) is 0 Å². The summed E-state index contributed by atoms with van der Waals surface area (Å²) in [7, 11) is 0. The summed E-state index contributed by atoms with van der Waals surface area (Å²) in [6.07, 6.45) is 24.3. The number of fused-ring (bicyclic) bond motifs is 11. The maximum absolute atomic E-state index is 2.64. The highest BCUT2D eigenvalue weighted by Gasteiger charge is 2.72. The van der Waals surface area contributed by atoms with Crippen LogP contribution in [0.4, 0.5) is 0 Å². The second-order valence-electron chi connectivity index (χ2n) is 25.3. The molecule has 11 saturated carbocycles. The van der Waals surface area contributed by atoms with Crippen LogP contribution >= 0.6 is 0 Å². The molecular formula is C64H76. The van der Waals surface area contributed by atoms with Crippen LogP contribution in [0.5, 0.6) is 0 Å². The monoisotopic (exact) mass is 845 g/mol. The van der Waals surface area contributed by atoms with Gasteiger partial charge in [-0.2, -0.15) is 0 Å². The van der Waals surface area contributed by atoms with Gasteiger partial charge >= 0.3 is 0 Å². The third-order valence-corrected chi connectivity index (χ3v) is 24.1. The van der Waals surface area contributed by atoms with Gasteiger partial charge in [0.15, 0.2) is 0 Å². The second kappa shape index (κ2) is 15.2. The fourth-order valence-electron chi connectivity index (χ4n) is 23.4. The molecule has 15 rings (SSSR count). The van der Waals surface area contributed by atoms with Gasteiger partial charge < -0.3 is 0 Å². The van der Waals surface area contributed by atoms with E-state index in [-0.39, 0.29) is 0 Å². The van der Waals surface area contributed by atoms with E-state index in [1.807, 2.05) is 0 Å².